The summed E-state index contributed by atoms with van der Waals surface area (Å²) in [7, 11) is 0. The summed E-state index contributed by atoms with van der Waals surface area (Å²) in [6.45, 7) is 12.7. The molecule has 2 aromatic heterocycles. The maximum absolute atomic E-state index is 13.2. The third-order valence-corrected chi connectivity index (χ3v) is 7.49. The lowest BCUT2D eigenvalue weighted by atomic mass is 9.82. The smallest absolute Gasteiger partial charge is 0.340 e. The zero-order valence-corrected chi connectivity index (χ0v) is 24.0. The number of benzene rings is 1. The summed E-state index contributed by atoms with van der Waals surface area (Å²) < 4.78 is 30.8. The van der Waals surface area contributed by atoms with Crippen molar-refractivity contribution < 1.29 is 23.4 Å². The van der Waals surface area contributed by atoms with Gasteiger partial charge < -0.3 is 19.1 Å². The third kappa shape index (κ3) is 6.44. The van der Waals surface area contributed by atoms with E-state index >= 15 is 0 Å². The standard InChI is InChI=1S/C32H38FN3O4/c1-31(2,3)40-29-27-26(20-39-30(29)37)35-19-24(28(27)36-15-13-32(4,5)14-16-36)25-11-10-23(18-34-25)38-17-12-21-6-8-22(33)9-7-21/h6-11,18-19,29H,12-17,20H2,1-5H3/t29-/m0/s1. The first-order valence-electron chi connectivity index (χ1n) is 13.9. The molecule has 0 unspecified atom stereocenters. The Hall–Kier alpha value is -3.52. The number of hydrogen-bond donors (Lipinski definition) is 0. The van der Waals surface area contributed by atoms with Crippen LogP contribution < -0.4 is 9.64 Å². The van der Waals surface area contributed by atoms with Crippen LogP contribution in [0.2, 0.25) is 0 Å². The summed E-state index contributed by atoms with van der Waals surface area (Å²) in [5, 5.41) is 0. The van der Waals surface area contributed by atoms with Crippen molar-refractivity contribution in [2.75, 3.05) is 24.6 Å². The van der Waals surface area contributed by atoms with Crippen LogP contribution in [0.5, 0.6) is 5.75 Å². The molecule has 3 aromatic rings. The van der Waals surface area contributed by atoms with E-state index in [0.717, 1.165) is 59.7 Å². The zero-order valence-electron chi connectivity index (χ0n) is 24.0. The fraction of sp³-hybridized carbons (Fsp3) is 0.469. The highest BCUT2D eigenvalue weighted by Crippen LogP contribution is 2.45. The molecule has 1 fully saturated rings. The Kier molecular flexibility index (Phi) is 7.82. The first kappa shape index (κ1) is 28.0. The van der Waals surface area contributed by atoms with Crippen LogP contribution in [0.1, 0.15) is 70.4 Å². The number of ether oxygens (including phenoxy) is 3. The number of cyclic esters (lactones) is 1. The quantitative estimate of drug-likeness (QED) is 0.315. The van der Waals surface area contributed by atoms with Gasteiger partial charge in [0.15, 0.2) is 6.10 Å². The average Bonchev–Trinajstić information content (AvgIpc) is 2.91. The second kappa shape index (κ2) is 11.2. The minimum atomic E-state index is -0.866. The number of carbonyl (C=O) groups is 1. The van der Waals surface area contributed by atoms with E-state index in [9.17, 15) is 9.18 Å². The molecule has 40 heavy (non-hydrogen) atoms. The summed E-state index contributed by atoms with van der Waals surface area (Å²) in [6, 6.07) is 10.3. The summed E-state index contributed by atoms with van der Waals surface area (Å²) in [5.74, 6) is 0.00957. The van der Waals surface area contributed by atoms with Gasteiger partial charge in [0.1, 0.15) is 18.2 Å². The number of halogens is 1. The Morgan fingerprint density at radius 3 is 2.42 bits per heavy atom. The van der Waals surface area contributed by atoms with Crippen LogP contribution in [0.4, 0.5) is 10.1 Å². The van der Waals surface area contributed by atoms with Gasteiger partial charge in [-0.1, -0.05) is 26.0 Å². The Bertz CT molecular complexity index is 1340. The summed E-state index contributed by atoms with van der Waals surface area (Å²) in [6.07, 6.45) is 5.41. The minimum Gasteiger partial charge on any atom is -0.492 e. The van der Waals surface area contributed by atoms with Crippen molar-refractivity contribution in [2.45, 2.75) is 72.2 Å². The SMILES string of the molecule is CC1(C)CCN(c2c(-c3ccc(OCCc4ccc(F)cc4)cn3)cnc3c2[C@H](OC(C)(C)C)C(=O)OC3)CC1. The topological polar surface area (TPSA) is 73.8 Å². The highest BCUT2D eigenvalue weighted by atomic mass is 19.1. The number of fused-ring (bicyclic) bond motifs is 1. The van der Waals surface area contributed by atoms with Crippen LogP contribution in [-0.4, -0.2) is 41.2 Å². The van der Waals surface area contributed by atoms with E-state index in [1.807, 2.05) is 39.1 Å². The Morgan fingerprint density at radius 2 is 1.77 bits per heavy atom. The molecule has 7 nitrogen and oxygen atoms in total. The number of rotatable bonds is 7. The lowest BCUT2D eigenvalue weighted by Crippen LogP contribution is -2.40. The van der Waals surface area contributed by atoms with E-state index in [0.29, 0.717) is 18.8 Å². The molecule has 2 aliphatic rings. The molecule has 1 atom stereocenters. The largest absolute Gasteiger partial charge is 0.492 e. The first-order chi connectivity index (χ1) is 19.0. The number of esters is 1. The van der Waals surface area contributed by atoms with Crippen molar-refractivity contribution in [3.8, 4) is 17.0 Å². The molecule has 0 bridgehead atoms. The van der Waals surface area contributed by atoms with Gasteiger partial charge in [-0.15, -0.1) is 0 Å². The monoisotopic (exact) mass is 547 g/mol. The van der Waals surface area contributed by atoms with Gasteiger partial charge >= 0.3 is 5.97 Å². The van der Waals surface area contributed by atoms with Crippen molar-refractivity contribution in [1.29, 1.82) is 0 Å². The van der Waals surface area contributed by atoms with Gasteiger partial charge in [-0.3, -0.25) is 9.97 Å². The van der Waals surface area contributed by atoms with Crippen LogP contribution in [0.25, 0.3) is 11.3 Å². The van der Waals surface area contributed by atoms with Crippen molar-refractivity contribution in [2.24, 2.45) is 5.41 Å². The van der Waals surface area contributed by atoms with Crippen molar-refractivity contribution in [1.82, 2.24) is 9.97 Å². The molecule has 0 aliphatic carbocycles. The van der Waals surface area contributed by atoms with Crippen LogP contribution in [0, 0.1) is 11.2 Å². The van der Waals surface area contributed by atoms with E-state index in [-0.39, 0.29) is 17.8 Å². The molecule has 0 amide bonds. The Labute approximate surface area is 235 Å². The average molecular weight is 548 g/mol. The molecule has 2 aliphatic heterocycles. The van der Waals surface area contributed by atoms with Crippen molar-refractivity contribution >= 4 is 11.7 Å². The molecule has 1 aromatic carbocycles. The van der Waals surface area contributed by atoms with E-state index in [1.54, 1.807) is 18.3 Å². The predicted octanol–water partition coefficient (Wildman–Crippen LogP) is 6.44. The maximum Gasteiger partial charge on any atom is 0.340 e. The lowest BCUT2D eigenvalue weighted by Gasteiger charge is -2.41. The number of aromatic nitrogens is 2. The van der Waals surface area contributed by atoms with E-state index < -0.39 is 17.7 Å². The van der Waals surface area contributed by atoms with Gasteiger partial charge in [-0.25, -0.2) is 9.18 Å². The first-order valence-corrected chi connectivity index (χ1v) is 13.9. The van der Waals surface area contributed by atoms with Crippen LogP contribution in [-0.2, 0) is 27.3 Å². The van der Waals surface area contributed by atoms with Crippen LogP contribution in [0.3, 0.4) is 0 Å². The van der Waals surface area contributed by atoms with Crippen LogP contribution in [0.15, 0.2) is 48.8 Å². The molecule has 212 valence electrons. The van der Waals surface area contributed by atoms with Gasteiger partial charge in [-0.05, 0) is 68.9 Å². The van der Waals surface area contributed by atoms with Gasteiger partial charge in [-0.2, -0.15) is 0 Å². The second-order valence-corrected chi connectivity index (χ2v) is 12.4. The van der Waals surface area contributed by atoms with Gasteiger partial charge in [0.25, 0.3) is 0 Å². The predicted molar refractivity (Wildman–Crippen MR) is 152 cm³/mol. The highest BCUT2D eigenvalue weighted by molar-refractivity contribution is 5.87. The molecule has 0 saturated carbocycles. The van der Waals surface area contributed by atoms with Crippen LogP contribution >= 0.6 is 0 Å². The molecule has 4 heterocycles. The van der Waals surface area contributed by atoms with Crippen molar-refractivity contribution in [3.63, 3.8) is 0 Å². The Balaban J connectivity index is 1.46. The Morgan fingerprint density at radius 1 is 1.05 bits per heavy atom. The van der Waals surface area contributed by atoms with Gasteiger partial charge in [0.05, 0.1) is 35.5 Å². The molecule has 0 spiro atoms. The molecule has 8 heteroatoms. The highest BCUT2D eigenvalue weighted by Gasteiger charge is 2.40. The van der Waals surface area contributed by atoms with E-state index in [4.69, 9.17) is 24.2 Å². The molecule has 1 saturated heterocycles. The fourth-order valence-electron chi connectivity index (χ4n) is 5.17. The molecular formula is C32H38FN3O4. The molecule has 0 radical (unpaired) electrons. The number of piperidine rings is 1. The van der Waals surface area contributed by atoms with Gasteiger partial charge in [0.2, 0.25) is 0 Å². The number of pyridine rings is 2. The minimum absolute atomic E-state index is 0.124. The lowest BCUT2D eigenvalue weighted by molar-refractivity contribution is -0.172. The van der Waals surface area contributed by atoms with E-state index in [1.165, 1.54) is 12.1 Å². The summed E-state index contributed by atoms with van der Waals surface area (Å²) in [5.41, 5.74) is 4.76. The third-order valence-electron chi connectivity index (χ3n) is 7.49. The molecule has 0 N–H and O–H groups in total. The van der Waals surface area contributed by atoms with Crippen molar-refractivity contribution in [3.05, 3.63) is 71.4 Å². The fourth-order valence-corrected chi connectivity index (χ4v) is 5.17. The van der Waals surface area contributed by atoms with Gasteiger partial charge in [0, 0.05) is 36.8 Å². The molecular weight excluding hydrogens is 509 g/mol. The summed E-state index contributed by atoms with van der Waals surface area (Å²) in [4.78, 5) is 24.9. The second-order valence-electron chi connectivity index (χ2n) is 12.4. The number of anilines is 1. The number of nitrogens with zero attached hydrogens (tertiary/aromatic N) is 3. The molecule has 5 rings (SSSR count). The number of hydrogen-bond acceptors (Lipinski definition) is 7. The normalized spacial score (nSPS) is 18.7. The van der Waals surface area contributed by atoms with E-state index in [2.05, 4.69) is 18.7 Å². The maximum atomic E-state index is 13.2. The summed E-state index contributed by atoms with van der Waals surface area (Å²) >= 11 is 0. The zero-order chi connectivity index (χ0) is 28.5. The number of carbonyl (C=O) groups excluding carboxylic acids is 1.